The number of nitrogens with zero attached hydrogens (tertiary/aromatic N) is 2. The maximum Gasteiger partial charge on any atom is 0.243 e. The van der Waals surface area contributed by atoms with Gasteiger partial charge in [-0.2, -0.15) is 4.31 Å². The van der Waals surface area contributed by atoms with Crippen LogP contribution < -0.4 is 0 Å². The Labute approximate surface area is 257 Å². The molecule has 0 N–H and O–H groups in total. The molecule has 0 aromatic heterocycles. The summed E-state index contributed by atoms with van der Waals surface area (Å²) in [7, 11) is -3.71. The lowest BCUT2D eigenvalue weighted by Gasteiger charge is -2.44. The van der Waals surface area contributed by atoms with E-state index in [0.717, 1.165) is 65.2 Å². The molecule has 1 saturated heterocycles. The number of piperidine rings is 1. The number of sulfonamides is 1. The third-order valence-corrected chi connectivity index (χ3v) is 11.3. The normalized spacial score (nSPS) is 19.3. The topological polar surface area (TPSA) is 37.4 Å². The van der Waals surface area contributed by atoms with E-state index < -0.39 is 10.0 Å². The average molecular weight is 592 g/mol. The van der Waals surface area contributed by atoms with E-state index in [-0.39, 0.29) is 0 Å². The molecule has 1 aliphatic heterocycles. The maximum atomic E-state index is 14.3. The zero-order valence-electron chi connectivity index (χ0n) is 25.7. The Bertz CT molecular complexity index is 1840. The highest BCUT2D eigenvalue weighted by Gasteiger charge is 2.36. The van der Waals surface area contributed by atoms with Gasteiger partial charge in [0.25, 0.3) is 0 Å². The summed E-state index contributed by atoms with van der Waals surface area (Å²) in [6, 6.07) is 35.0. The molecule has 0 atom stereocenters. The third-order valence-electron chi connectivity index (χ3n) is 9.49. The minimum Gasteiger partial charge on any atom is -0.320 e. The van der Waals surface area contributed by atoms with Gasteiger partial charge in [0.05, 0.1) is 24.5 Å². The summed E-state index contributed by atoms with van der Waals surface area (Å²) in [5.41, 5.74) is 5.08. The van der Waals surface area contributed by atoms with Gasteiger partial charge >= 0.3 is 0 Å². The molecule has 0 aliphatic carbocycles. The first-order valence-corrected chi connectivity index (χ1v) is 17.1. The largest absolute Gasteiger partial charge is 0.320 e. The smallest absolute Gasteiger partial charge is 0.243 e. The van der Waals surface area contributed by atoms with Crippen LogP contribution in [0.1, 0.15) is 42.0 Å². The van der Waals surface area contributed by atoms with Gasteiger partial charge < -0.3 is 4.48 Å². The molecule has 0 radical (unpaired) electrons. The Kier molecular flexibility index (Phi) is 8.41. The maximum absolute atomic E-state index is 14.3. The Balaban J connectivity index is 1.26. The molecule has 1 fully saturated rings. The van der Waals surface area contributed by atoms with Crippen LogP contribution in [0.15, 0.2) is 108 Å². The van der Waals surface area contributed by atoms with Gasteiger partial charge in [0, 0.05) is 31.5 Å². The molecule has 0 spiro atoms. The molecule has 1 aliphatic rings. The molecule has 4 nitrogen and oxygen atoms in total. The highest BCUT2D eigenvalue weighted by molar-refractivity contribution is 7.89. The summed E-state index contributed by atoms with van der Waals surface area (Å²) in [5, 5.41) is 4.30. The van der Waals surface area contributed by atoms with Crippen LogP contribution in [0.5, 0.6) is 0 Å². The summed E-state index contributed by atoms with van der Waals surface area (Å²) < 4.78 is 31.5. The minimum absolute atomic E-state index is 0.327. The molecule has 222 valence electrons. The van der Waals surface area contributed by atoms with Crippen LogP contribution in [-0.4, -0.2) is 43.4 Å². The number of rotatable bonds is 9. The second-order valence-corrected chi connectivity index (χ2v) is 14.6. The standard InChI is InChI=1S/C38H43N2O2S/c1-4-40(28-33-22-29(2)21-30(3)23-33)19-17-31(18-20-40)26-39(27-32-13-14-34-9-5-7-11-36(34)24-32)43(41,42)38-16-15-35-10-6-8-12-37(35)25-38/h5-16,21-25,31H,4,17-20,26-28H2,1-3H3/q+1. The fourth-order valence-corrected chi connectivity index (χ4v) is 8.58. The molecular weight excluding hydrogens is 548 g/mol. The van der Waals surface area contributed by atoms with E-state index in [1.807, 2.05) is 48.5 Å². The van der Waals surface area contributed by atoms with E-state index in [0.29, 0.717) is 23.9 Å². The van der Waals surface area contributed by atoms with Crippen molar-refractivity contribution >= 4 is 31.6 Å². The Morgan fingerprint density at radius 2 is 1.28 bits per heavy atom. The van der Waals surface area contributed by atoms with Gasteiger partial charge in [-0.1, -0.05) is 96.1 Å². The van der Waals surface area contributed by atoms with E-state index in [2.05, 4.69) is 69.3 Å². The van der Waals surface area contributed by atoms with Gasteiger partial charge in [-0.25, -0.2) is 8.42 Å². The fourth-order valence-electron chi connectivity index (χ4n) is 7.04. The van der Waals surface area contributed by atoms with Gasteiger partial charge in [0.15, 0.2) is 0 Å². The molecule has 0 bridgehead atoms. The summed E-state index contributed by atoms with van der Waals surface area (Å²) in [6.07, 6.45) is 2.06. The van der Waals surface area contributed by atoms with Gasteiger partial charge in [-0.15, -0.1) is 0 Å². The zero-order valence-corrected chi connectivity index (χ0v) is 26.5. The lowest BCUT2D eigenvalue weighted by Crippen LogP contribution is -2.53. The average Bonchev–Trinajstić information content (AvgIpc) is 3.01. The van der Waals surface area contributed by atoms with Crippen LogP contribution in [0, 0.1) is 19.8 Å². The summed E-state index contributed by atoms with van der Waals surface area (Å²) in [4.78, 5) is 0.372. The number of hydrogen-bond acceptors (Lipinski definition) is 2. The van der Waals surface area contributed by atoms with Gasteiger partial charge in [-0.3, -0.25) is 0 Å². The summed E-state index contributed by atoms with van der Waals surface area (Å²) >= 11 is 0. The number of likely N-dealkylation sites (tertiary alicyclic amines) is 1. The number of aryl methyl sites for hydroxylation is 2. The molecule has 0 unspecified atom stereocenters. The third kappa shape index (κ3) is 6.54. The van der Waals surface area contributed by atoms with Crippen molar-refractivity contribution in [2.75, 3.05) is 26.2 Å². The monoisotopic (exact) mass is 591 g/mol. The molecule has 5 aromatic carbocycles. The number of fused-ring (bicyclic) bond motifs is 2. The first-order valence-electron chi connectivity index (χ1n) is 15.6. The van der Waals surface area contributed by atoms with Gasteiger partial charge in [-0.05, 0) is 72.0 Å². The summed E-state index contributed by atoms with van der Waals surface area (Å²) in [6.45, 7) is 11.9. The van der Waals surface area contributed by atoms with Crippen molar-refractivity contribution in [2.24, 2.45) is 5.92 Å². The molecular formula is C38H43N2O2S+. The van der Waals surface area contributed by atoms with Crippen molar-refractivity contribution in [3.8, 4) is 0 Å². The van der Waals surface area contributed by atoms with Crippen LogP contribution in [0.25, 0.3) is 21.5 Å². The lowest BCUT2D eigenvalue weighted by molar-refractivity contribution is -0.944. The van der Waals surface area contributed by atoms with Crippen LogP contribution in [0.4, 0.5) is 0 Å². The minimum atomic E-state index is -3.71. The van der Waals surface area contributed by atoms with Crippen molar-refractivity contribution in [3.63, 3.8) is 0 Å². The SMILES string of the molecule is CC[N+]1(Cc2cc(C)cc(C)c2)CCC(CN(Cc2ccc3ccccc3c2)S(=O)(=O)c2ccc3ccccc3c2)CC1. The van der Waals surface area contributed by atoms with Crippen molar-refractivity contribution < 1.29 is 12.9 Å². The van der Waals surface area contributed by atoms with Gasteiger partial charge in [0.1, 0.15) is 6.54 Å². The summed E-state index contributed by atoms with van der Waals surface area (Å²) in [5.74, 6) is 0.327. The van der Waals surface area contributed by atoms with Crippen molar-refractivity contribution in [1.82, 2.24) is 4.31 Å². The molecule has 5 heteroatoms. The van der Waals surface area contributed by atoms with E-state index in [4.69, 9.17) is 0 Å². The highest BCUT2D eigenvalue weighted by atomic mass is 32.2. The van der Waals surface area contributed by atoms with E-state index in [1.54, 1.807) is 10.4 Å². The number of hydrogen-bond donors (Lipinski definition) is 0. The van der Waals surface area contributed by atoms with Crippen LogP contribution in [0.2, 0.25) is 0 Å². The van der Waals surface area contributed by atoms with Crippen LogP contribution >= 0.6 is 0 Å². The molecule has 1 heterocycles. The second kappa shape index (κ2) is 12.2. The number of benzene rings is 5. The van der Waals surface area contributed by atoms with Crippen molar-refractivity contribution in [1.29, 1.82) is 0 Å². The van der Waals surface area contributed by atoms with Crippen LogP contribution in [-0.2, 0) is 23.1 Å². The molecule has 0 saturated carbocycles. The zero-order chi connectivity index (χ0) is 30.0. The predicted octanol–water partition coefficient (Wildman–Crippen LogP) is 8.25. The predicted molar refractivity (Wildman–Crippen MR) is 178 cm³/mol. The van der Waals surface area contributed by atoms with Gasteiger partial charge in [0.2, 0.25) is 10.0 Å². The fraction of sp³-hybridized carbons (Fsp3) is 0.316. The molecule has 6 rings (SSSR count). The molecule has 5 aromatic rings. The van der Waals surface area contributed by atoms with Crippen LogP contribution in [0.3, 0.4) is 0 Å². The van der Waals surface area contributed by atoms with E-state index in [1.165, 1.54) is 22.1 Å². The highest BCUT2D eigenvalue weighted by Crippen LogP contribution is 2.31. The first kappa shape index (κ1) is 29.6. The Morgan fingerprint density at radius 1 is 0.698 bits per heavy atom. The molecule has 0 amide bonds. The number of quaternary nitrogens is 1. The van der Waals surface area contributed by atoms with Crippen molar-refractivity contribution in [3.05, 3.63) is 125 Å². The Hall–Kier alpha value is -3.51. The van der Waals surface area contributed by atoms with E-state index >= 15 is 0 Å². The first-order chi connectivity index (χ1) is 20.7. The van der Waals surface area contributed by atoms with Crippen molar-refractivity contribution in [2.45, 2.75) is 51.6 Å². The Morgan fingerprint density at radius 3 is 1.91 bits per heavy atom. The lowest BCUT2D eigenvalue weighted by atomic mass is 9.93. The molecule has 43 heavy (non-hydrogen) atoms. The van der Waals surface area contributed by atoms with E-state index in [9.17, 15) is 8.42 Å². The second-order valence-electron chi connectivity index (χ2n) is 12.7. The quantitative estimate of drug-likeness (QED) is 0.162.